The number of nitrogens with zero attached hydrogens (tertiary/aromatic N) is 2. The third-order valence-electron chi connectivity index (χ3n) is 6.38. The third-order valence-corrected chi connectivity index (χ3v) is 10.2. The molecule has 1 aliphatic carbocycles. The molecule has 0 spiro atoms. The standard InChI is InChI=1S/C26H30ClN3O7S3/c1-4-37-10-9-30-18-8-6-16(27)12-20(18)39-26(30)29-22(32)14-40(34,35)13-21(31)28-24-23(25(33)36-3)17-7-5-15(2)11-19(17)38-24/h6,8,12,15H,4-5,7,9-11,13-14H2,1-3H3,(H,28,31). The van der Waals surface area contributed by atoms with E-state index in [1.165, 1.54) is 29.8 Å². The lowest BCUT2D eigenvalue weighted by Crippen LogP contribution is -2.28. The van der Waals surface area contributed by atoms with Crippen LogP contribution >= 0.6 is 34.3 Å². The molecule has 3 aromatic rings. The van der Waals surface area contributed by atoms with Gasteiger partial charge in [-0.3, -0.25) is 9.59 Å². The van der Waals surface area contributed by atoms with Crippen LogP contribution in [-0.2, 0) is 48.3 Å². The number of benzene rings is 1. The second kappa shape index (κ2) is 12.9. The van der Waals surface area contributed by atoms with Crippen molar-refractivity contribution in [2.45, 2.75) is 39.7 Å². The Labute approximate surface area is 244 Å². The van der Waals surface area contributed by atoms with Gasteiger partial charge >= 0.3 is 5.97 Å². The van der Waals surface area contributed by atoms with Crippen molar-refractivity contribution in [2.75, 3.05) is 37.1 Å². The maximum atomic E-state index is 12.8. The van der Waals surface area contributed by atoms with Crippen LogP contribution in [0.4, 0.5) is 5.00 Å². The molecule has 1 aromatic carbocycles. The summed E-state index contributed by atoms with van der Waals surface area (Å²) in [4.78, 5) is 43.3. The highest BCUT2D eigenvalue weighted by atomic mass is 35.5. The number of amides is 2. The molecule has 2 heterocycles. The smallest absolute Gasteiger partial charge is 0.341 e. The summed E-state index contributed by atoms with van der Waals surface area (Å²) in [6.45, 7) is 5.29. The van der Waals surface area contributed by atoms with E-state index in [-0.39, 0.29) is 10.6 Å². The number of thiophene rings is 1. The Kier molecular flexibility index (Phi) is 9.83. The highest BCUT2D eigenvalue weighted by molar-refractivity contribution is 7.92. The predicted molar refractivity (Wildman–Crippen MR) is 156 cm³/mol. The van der Waals surface area contributed by atoms with Gasteiger partial charge in [0.25, 0.3) is 5.91 Å². The van der Waals surface area contributed by atoms with Crippen molar-refractivity contribution in [3.05, 3.63) is 44.0 Å². The van der Waals surface area contributed by atoms with Crippen LogP contribution in [0.3, 0.4) is 0 Å². The number of anilines is 1. The van der Waals surface area contributed by atoms with E-state index in [9.17, 15) is 22.8 Å². The molecule has 0 bridgehead atoms. The van der Waals surface area contributed by atoms with Crippen molar-refractivity contribution < 1.29 is 32.3 Å². The largest absolute Gasteiger partial charge is 0.465 e. The summed E-state index contributed by atoms with van der Waals surface area (Å²) in [6.07, 6.45) is 2.35. The number of thiazole rings is 1. The number of halogens is 1. The second-order valence-corrected chi connectivity index (χ2v) is 14.1. The van der Waals surface area contributed by atoms with Crippen molar-refractivity contribution in [1.82, 2.24) is 4.57 Å². The van der Waals surface area contributed by atoms with E-state index in [4.69, 9.17) is 21.1 Å². The van der Waals surface area contributed by atoms with Gasteiger partial charge in [0.05, 0.1) is 29.5 Å². The summed E-state index contributed by atoms with van der Waals surface area (Å²) >= 11 is 8.57. The molecule has 2 amide bonds. The summed E-state index contributed by atoms with van der Waals surface area (Å²) in [6, 6.07) is 5.27. The second-order valence-electron chi connectivity index (χ2n) is 9.48. The normalized spacial score (nSPS) is 15.7. The number of hydrogen-bond donors (Lipinski definition) is 1. The van der Waals surface area contributed by atoms with E-state index in [1.807, 2.05) is 6.92 Å². The Balaban J connectivity index is 1.51. The first-order valence-electron chi connectivity index (χ1n) is 12.7. The number of methoxy groups -OCH3 is 1. The molecule has 1 N–H and O–H groups in total. The number of ether oxygens (including phenoxy) is 2. The zero-order valence-corrected chi connectivity index (χ0v) is 25.5. The average Bonchev–Trinajstić information content (AvgIpc) is 3.38. The molecule has 0 saturated carbocycles. The molecule has 0 saturated heterocycles. The van der Waals surface area contributed by atoms with E-state index >= 15 is 0 Å². The van der Waals surface area contributed by atoms with Crippen LogP contribution in [0.5, 0.6) is 0 Å². The number of nitrogens with one attached hydrogen (secondary N) is 1. The molecular formula is C26H30ClN3O7S3. The first-order chi connectivity index (χ1) is 19.0. The zero-order chi connectivity index (χ0) is 29.0. The van der Waals surface area contributed by atoms with Gasteiger partial charge in [-0.2, -0.15) is 4.99 Å². The van der Waals surface area contributed by atoms with Gasteiger partial charge in [-0.1, -0.05) is 29.9 Å². The van der Waals surface area contributed by atoms with Crippen LogP contribution in [0.15, 0.2) is 23.2 Å². The lowest BCUT2D eigenvalue weighted by atomic mass is 9.88. The SMILES string of the molecule is CCOCCn1c(=NC(=O)CS(=O)(=O)CC(=O)Nc2sc3c(c2C(=O)OC)CCC(C)C3)sc2cc(Cl)ccc21. The molecule has 0 aliphatic heterocycles. The van der Waals surface area contributed by atoms with Crippen LogP contribution in [-0.4, -0.2) is 62.6 Å². The lowest BCUT2D eigenvalue weighted by molar-refractivity contribution is -0.115. The van der Waals surface area contributed by atoms with Crippen molar-refractivity contribution in [3.8, 4) is 0 Å². The predicted octanol–water partition coefficient (Wildman–Crippen LogP) is 3.85. The van der Waals surface area contributed by atoms with Crippen molar-refractivity contribution >= 4 is 77.1 Å². The van der Waals surface area contributed by atoms with Gasteiger partial charge in [0, 0.05) is 23.1 Å². The molecular weight excluding hydrogens is 598 g/mol. The Morgan fingerprint density at radius 2 is 2.00 bits per heavy atom. The first kappa shape index (κ1) is 30.4. The monoisotopic (exact) mass is 627 g/mol. The van der Waals surface area contributed by atoms with Gasteiger partial charge in [0.1, 0.15) is 16.5 Å². The maximum Gasteiger partial charge on any atom is 0.341 e. The Bertz CT molecular complexity index is 1620. The highest BCUT2D eigenvalue weighted by Crippen LogP contribution is 2.40. The fraction of sp³-hybridized carbons (Fsp3) is 0.462. The Hall–Kier alpha value is -2.58. The zero-order valence-electron chi connectivity index (χ0n) is 22.3. The minimum atomic E-state index is -4.16. The molecule has 14 heteroatoms. The van der Waals surface area contributed by atoms with Crippen LogP contribution in [0.1, 0.15) is 41.1 Å². The van der Waals surface area contributed by atoms with Crippen molar-refractivity contribution in [1.29, 1.82) is 0 Å². The summed E-state index contributed by atoms with van der Waals surface area (Å²) in [5.74, 6) is -3.75. The fourth-order valence-electron chi connectivity index (χ4n) is 4.55. The summed E-state index contributed by atoms with van der Waals surface area (Å²) in [5.41, 5.74) is 1.90. The number of hydrogen-bond acceptors (Lipinski definition) is 9. The molecule has 0 radical (unpaired) electrons. The van der Waals surface area contributed by atoms with Crippen molar-refractivity contribution in [2.24, 2.45) is 10.9 Å². The minimum Gasteiger partial charge on any atom is -0.465 e. The fourth-order valence-corrected chi connectivity index (χ4v) is 8.33. The van der Waals surface area contributed by atoms with E-state index in [1.54, 1.807) is 22.8 Å². The third kappa shape index (κ3) is 7.19. The van der Waals surface area contributed by atoms with Gasteiger partial charge in [0.15, 0.2) is 14.6 Å². The Morgan fingerprint density at radius 1 is 1.23 bits per heavy atom. The average molecular weight is 628 g/mol. The first-order valence-corrected chi connectivity index (χ1v) is 16.5. The number of esters is 1. The topological polar surface area (TPSA) is 133 Å². The summed E-state index contributed by atoms with van der Waals surface area (Å²) in [7, 11) is -2.90. The quantitative estimate of drug-likeness (QED) is 0.267. The maximum absolute atomic E-state index is 12.8. The van der Waals surface area contributed by atoms with Gasteiger partial charge in [-0.05, 0) is 55.9 Å². The molecule has 10 nitrogen and oxygen atoms in total. The number of carbonyl (C=O) groups excluding carboxylic acids is 3. The molecule has 4 rings (SSSR count). The van der Waals surface area contributed by atoms with E-state index < -0.39 is 39.1 Å². The van der Waals surface area contributed by atoms with Crippen LogP contribution in [0.25, 0.3) is 10.2 Å². The molecule has 216 valence electrons. The molecule has 1 unspecified atom stereocenters. The van der Waals surface area contributed by atoms with Gasteiger partial charge in [0.2, 0.25) is 5.91 Å². The number of carbonyl (C=O) groups is 3. The molecule has 1 atom stereocenters. The number of aromatic nitrogens is 1. The number of sulfone groups is 1. The Morgan fingerprint density at radius 3 is 2.73 bits per heavy atom. The van der Waals surface area contributed by atoms with E-state index in [0.29, 0.717) is 41.9 Å². The van der Waals surface area contributed by atoms with Crippen molar-refractivity contribution in [3.63, 3.8) is 0 Å². The molecule has 2 aromatic heterocycles. The summed E-state index contributed by atoms with van der Waals surface area (Å²) < 4.78 is 38.5. The lowest BCUT2D eigenvalue weighted by Gasteiger charge is -2.18. The van der Waals surface area contributed by atoms with E-state index in [2.05, 4.69) is 17.2 Å². The number of rotatable bonds is 10. The van der Waals surface area contributed by atoms with Gasteiger partial charge in [-0.25, -0.2) is 13.2 Å². The highest BCUT2D eigenvalue weighted by Gasteiger charge is 2.30. The molecule has 40 heavy (non-hydrogen) atoms. The van der Waals surface area contributed by atoms with E-state index in [0.717, 1.165) is 33.5 Å². The van der Waals surface area contributed by atoms with Gasteiger partial charge in [-0.15, -0.1) is 11.3 Å². The van der Waals surface area contributed by atoms with Crippen LogP contribution in [0, 0.1) is 5.92 Å². The van der Waals surface area contributed by atoms with Crippen LogP contribution in [0.2, 0.25) is 5.02 Å². The number of fused-ring (bicyclic) bond motifs is 2. The van der Waals surface area contributed by atoms with Gasteiger partial charge < -0.3 is 19.4 Å². The van der Waals surface area contributed by atoms with Crippen LogP contribution < -0.4 is 10.1 Å². The molecule has 0 fully saturated rings. The summed E-state index contributed by atoms with van der Waals surface area (Å²) in [5, 5.41) is 3.35. The molecule has 1 aliphatic rings. The minimum absolute atomic E-state index is 0.265.